The third-order valence-corrected chi connectivity index (χ3v) is 4.31. The third kappa shape index (κ3) is 1.64. The van der Waals surface area contributed by atoms with E-state index in [0.717, 1.165) is 0 Å². The van der Waals surface area contributed by atoms with Gasteiger partial charge in [0.25, 0.3) is 0 Å². The van der Waals surface area contributed by atoms with E-state index in [9.17, 15) is 0 Å². The lowest BCUT2D eigenvalue weighted by atomic mass is 10.0. The second-order valence-electron chi connectivity index (χ2n) is 3.80. The molecule has 1 aromatic heterocycles. The molecule has 0 fully saturated rings. The van der Waals surface area contributed by atoms with Crippen molar-refractivity contribution < 1.29 is 0 Å². The van der Waals surface area contributed by atoms with Gasteiger partial charge in [-0.1, -0.05) is 22.0 Å². The molecule has 1 heterocycles. The number of halogens is 1. The molecule has 3 heteroatoms. The van der Waals surface area contributed by atoms with Gasteiger partial charge in [-0.15, -0.1) is 11.3 Å². The normalized spacial score (nSPS) is 19.1. The number of rotatable bonds is 1. The highest BCUT2D eigenvalue weighted by Gasteiger charge is 2.25. The van der Waals surface area contributed by atoms with Gasteiger partial charge in [0.15, 0.2) is 0 Å². The van der Waals surface area contributed by atoms with Gasteiger partial charge in [-0.25, -0.2) is 4.98 Å². The van der Waals surface area contributed by atoms with Crippen LogP contribution in [0.2, 0.25) is 0 Å². The Kier molecular flexibility index (Phi) is 2.37. The molecular weight excluding hydrogens is 270 g/mol. The minimum atomic E-state index is 0.535. The van der Waals surface area contributed by atoms with Crippen LogP contribution in [0.4, 0.5) is 0 Å². The molecule has 0 spiro atoms. The highest BCUT2D eigenvalue weighted by molar-refractivity contribution is 9.10. The predicted octanol–water partition coefficient (Wildman–Crippen LogP) is 3.98. The largest absolute Gasteiger partial charge is 0.249 e. The van der Waals surface area contributed by atoms with Crippen molar-refractivity contribution in [2.24, 2.45) is 0 Å². The quantitative estimate of drug-likeness (QED) is 0.769. The van der Waals surface area contributed by atoms with E-state index in [2.05, 4.69) is 44.5 Å². The molecular formula is C12H10BrNS. The summed E-state index contributed by atoms with van der Waals surface area (Å²) in [6.07, 6.45) is 4.29. The molecule has 1 unspecified atom stereocenters. The molecule has 1 atom stereocenters. The van der Waals surface area contributed by atoms with E-state index >= 15 is 0 Å². The first-order valence-corrected chi connectivity index (χ1v) is 6.69. The van der Waals surface area contributed by atoms with E-state index in [-0.39, 0.29) is 0 Å². The van der Waals surface area contributed by atoms with Crippen molar-refractivity contribution in [1.29, 1.82) is 0 Å². The number of hydrogen-bond acceptors (Lipinski definition) is 2. The summed E-state index contributed by atoms with van der Waals surface area (Å²) in [5.41, 5.74) is 2.94. The van der Waals surface area contributed by atoms with Crippen LogP contribution in [0.3, 0.4) is 0 Å². The summed E-state index contributed by atoms with van der Waals surface area (Å²) < 4.78 is 1.18. The number of aryl methyl sites for hydroxylation is 1. The Morgan fingerprint density at radius 2 is 2.33 bits per heavy atom. The molecule has 76 valence electrons. The number of aromatic nitrogens is 1. The van der Waals surface area contributed by atoms with Crippen LogP contribution in [0.15, 0.2) is 34.2 Å². The van der Waals surface area contributed by atoms with Gasteiger partial charge in [0.05, 0.1) is 5.01 Å². The summed E-state index contributed by atoms with van der Waals surface area (Å²) in [5, 5.41) is 3.32. The summed E-state index contributed by atoms with van der Waals surface area (Å²) in [6, 6.07) is 6.60. The maximum atomic E-state index is 4.43. The summed E-state index contributed by atoms with van der Waals surface area (Å²) in [4.78, 5) is 4.43. The van der Waals surface area contributed by atoms with Gasteiger partial charge in [-0.05, 0) is 36.1 Å². The molecule has 0 bridgehead atoms. The molecule has 0 aliphatic heterocycles. The van der Waals surface area contributed by atoms with Crippen LogP contribution in [0.25, 0.3) is 0 Å². The van der Waals surface area contributed by atoms with Crippen LogP contribution < -0.4 is 0 Å². The van der Waals surface area contributed by atoms with Crippen molar-refractivity contribution >= 4 is 27.3 Å². The van der Waals surface area contributed by atoms with Gasteiger partial charge in [-0.2, -0.15) is 0 Å². The van der Waals surface area contributed by atoms with Crippen molar-refractivity contribution in [3.8, 4) is 0 Å². The van der Waals surface area contributed by atoms with Gasteiger partial charge in [-0.3, -0.25) is 0 Å². The van der Waals surface area contributed by atoms with Crippen LogP contribution in [0, 0.1) is 0 Å². The number of hydrogen-bond donors (Lipinski definition) is 0. The molecule has 15 heavy (non-hydrogen) atoms. The van der Waals surface area contributed by atoms with Crippen molar-refractivity contribution in [2.75, 3.05) is 0 Å². The standard InChI is InChI=1S/C12H10BrNS/c13-9-2-4-10-8(7-9)1-3-11(10)12-14-5-6-15-12/h2,4-7,11H,1,3H2. The Hall–Kier alpha value is -0.670. The van der Waals surface area contributed by atoms with Crippen LogP contribution in [0.1, 0.15) is 28.5 Å². The fraction of sp³-hybridized carbons (Fsp3) is 0.250. The highest BCUT2D eigenvalue weighted by Crippen LogP contribution is 2.39. The van der Waals surface area contributed by atoms with E-state index < -0.39 is 0 Å². The summed E-state index contributed by atoms with van der Waals surface area (Å²) in [7, 11) is 0. The average Bonchev–Trinajstić information content (AvgIpc) is 2.82. The molecule has 0 saturated carbocycles. The van der Waals surface area contributed by atoms with Crippen molar-refractivity contribution in [2.45, 2.75) is 18.8 Å². The number of thiazole rings is 1. The molecule has 0 saturated heterocycles. The first-order chi connectivity index (χ1) is 7.34. The fourth-order valence-corrected chi connectivity index (χ4v) is 3.45. The predicted molar refractivity (Wildman–Crippen MR) is 66.4 cm³/mol. The first-order valence-electron chi connectivity index (χ1n) is 5.02. The minimum absolute atomic E-state index is 0.535. The number of benzene rings is 1. The van der Waals surface area contributed by atoms with Crippen LogP contribution >= 0.6 is 27.3 Å². The van der Waals surface area contributed by atoms with E-state index in [1.54, 1.807) is 11.3 Å². The first kappa shape index (κ1) is 9.55. The lowest BCUT2D eigenvalue weighted by Gasteiger charge is -2.07. The number of fused-ring (bicyclic) bond motifs is 1. The average molecular weight is 280 g/mol. The molecule has 0 amide bonds. The Morgan fingerprint density at radius 3 is 3.13 bits per heavy atom. The highest BCUT2D eigenvalue weighted by atomic mass is 79.9. The van der Waals surface area contributed by atoms with E-state index in [4.69, 9.17) is 0 Å². The van der Waals surface area contributed by atoms with Crippen molar-refractivity contribution in [3.63, 3.8) is 0 Å². The van der Waals surface area contributed by atoms with Gasteiger partial charge >= 0.3 is 0 Å². The van der Waals surface area contributed by atoms with Gasteiger partial charge in [0.2, 0.25) is 0 Å². The maximum absolute atomic E-state index is 4.43. The molecule has 2 aromatic rings. The van der Waals surface area contributed by atoms with Crippen molar-refractivity contribution in [1.82, 2.24) is 4.98 Å². The van der Waals surface area contributed by atoms with Gasteiger partial charge in [0, 0.05) is 22.0 Å². The molecule has 1 aliphatic rings. The Morgan fingerprint density at radius 1 is 1.40 bits per heavy atom. The van der Waals surface area contributed by atoms with Crippen LogP contribution in [-0.4, -0.2) is 4.98 Å². The van der Waals surface area contributed by atoms with Crippen LogP contribution in [-0.2, 0) is 6.42 Å². The van der Waals surface area contributed by atoms with Gasteiger partial charge < -0.3 is 0 Å². The molecule has 1 aromatic carbocycles. The van der Waals surface area contributed by atoms with Gasteiger partial charge in [0.1, 0.15) is 0 Å². The molecule has 1 nitrogen and oxygen atoms in total. The Bertz CT molecular complexity index is 478. The summed E-state index contributed by atoms with van der Waals surface area (Å²) in [5.74, 6) is 0.535. The zero-order valence-corrected chi connectivity index (χ0v) is 10.5. The summed E-state index contributed by atoms with van der Waals surface area (Å²) >= 11 is 5.29. The topological polar surface area (TPSA) is 12.9 Å². The second-order valence-corrected chi connectivity index (χ2v) is 5.65. The SMILES string of the molecule is Brc1ccc2c(c1)CCC2c1nccs1. The summed E-state index contributed by atoms with van der Waals surface area (Å²) in [6.45, 7) is 0. The molecule has 1 aliphatic carbocycles. The van der Waals surface area contributed by atoms with E-state index in [1.165, 1.54) is 33.4 Å². The maximum Gasteiger partial charge on any atom is 0.1000 e. The lowest BCUT2D eigenvalue weighted by Crippen LogP contribution is -1.94. The van der Waals surface area contributed by atoms with Crippen LogP contribution in [0.5, 0.6) is 0 Å². The fourth-order valence-electron chi connectivity index (χ4n) is 2.25. The Labute approximate surface area is 101 Å². The molecule has 0 N–H and O–H groups in total. The zero-order chi connectivity index (χ0) is 10.3. The molecule has 3 rings (SSSR count). The number of nitrogens with zero attached hydrogens (tertiary/aromatic N) is 1. The Balaban J connectivity index is 2.05. The zero-order valence-electron chi connectivity index (χ0n) is 8.11. The third-order valence-electron chi connectivity index (χ3n) is 2.93. The van der Waals surface area contributed by atoms with Crippen molar-refractivity contribution in [3.05, 3.63) is 50.4 Å². The lowest BCUT2D eigenvalue weighted by molar-refractivity contribution is 0.780. The monoisotopic (exact) mass is 279 g/mol. The molecule has 0 radical (unpaired) electrons. The smallest absolute Gasteiger partial charge is 0.1000 e. The minimum Gasteiger partial charge on any atom is -0.249 e. The second kappa shape index (κ2) is 3.72. The van der Waals surface area contributed by atoms with E-state index in [0.29, 0.717) is 5.92 Å². The van der Waals surface area contributed by atoms with E-state index in [1.807, 2.05) is 6.20 Å².